The highest BCUT2D eigenvalue weighted by atomic mass is 32.2. The molecular formula is C21H19F6NO6S. The van der Waals surface area contributed by atoms with Crippen molar-refractivity contribution in [3.63, 3.8) is 0 Å². The number of ether oxygens (including phenoxy) is 2. The largest absolute Gasteiger partial charge is 0.497 e. The molecule has 3 rings (SSSR count). The summed E-state index contributed by atoms with van der Waals surface area (Å²) in [4.78, 5) is 9.69. The number of aliphatic carboxylic acids is 1. The fourth-order valence-electron chi connectivity index (χ4n) is 3.70. The Morgan fingerprint density at radius 1 is 1.06 bits per heavy atom. The number of benzene rings is 2. The van der Waals surface area contributed by atoms with E-state index in [0.717, 1.165) is 0 Å². The van der Waals surface area contributed by atoms with Crippen molar-refractivity contribution < 1.29 is 54.1 Å². The third kappa shape index (κ3) is 6.17. The van der Waals surface area contributed by atoms with Crippen LogP contribution in [-0.4, -0.2) is 33.2 Å². The minimum atomic E-state index is -5.22. The number of hydrogen-bond donors (Lipinski definition) is 2. The maximum atomic E-state index is 13.2. The molecule has 0 aromatic heterocycles. The number of carboxylic acids is 1. The summed E-state index contributed by atoms with van der Waals surface area (Å²) in [7, 11) is -3.55. The highest BCUT2D eigenvalue weighted by molar-refractivity contribution is 7.89. The Hall–Kier alpha value is -3.00. The molecule has 35 heavy (non-hydrogen) atoms. The summed E-state index contributed by atoms with van der Waals surface area (Å²) in [6.07, 6.45) is -9.51. The van der Waals surface area contributed by atoms with Gasteiger partial charge < -0.3 is 14.6 Å². The molecule has 0 heterocycles. The molecular weight excluding hydrogens is 508 g/mol. The number of halogens is 6. The fraction of sp³-hybridized carbons (Fsp3) is 0.381. The Balaban J connectivity index is 2.04. The van der Waals surface area contributed by atoms with Crippen LogP contribution in [0.15, 0.2) is 35.2 Å². The quantitative estimate of drug-likeness (QED) is 0.513. The van der Waals surface area contributed by atoms with Crippen molar-refractivity contribution >= 4 is 16.0 Å². The van der Waals surface area contributed by atoms with Gasteiger partial charge in [0.15, 0.2) is 6.61 Å². The topological polar surface area (TPSA) is 102 Å². The van der Waals surface area contributed by atoms with Crippen molar-refractivity contribution in [3.8, 4) is 11.5 Å². The van der Waals surface area contributed by atoms with Gasteiger partial charge in [-0.15, -0.1) is 0 Å². The van der Waals surface area contributed by atoms with Gasteiger partial charge in [0.1, 0.15) is 11.5 Å². The summed E-state index contributed by atoms with van der Waals surface area (Å²) in [5, 5.41) is 8.89. The van der Waals surface area contributed by atoms with Crippen molar-refractivity contribution in [2.75, 3.05) is 13.7 Å². The average Bonchev–Trinajstić information content (AvgIpc) is 2.75. The number of hydrogen-bond acceptors (Lipinski definition) is 5. The molecule has 1 aliphatic carbocycles. The Kier molecular flexibility index (Phi) is 7.27. The van der Waals surface area contributed by atoms with E-state index in [1.54, 1.807) is 0 Å². The minimum Gasteiger partial charge on any atom is -0.497 e. The first-order valence-corrected chi connectivity index (χ1v) is 11.5. The summed E-state index contributed by atoms with van der Waals surface area (Å²) < 4.78 is 118. The molecule has 0 radical (unpaired) electrons. The van der Waals surface area contributed by atoms with Crippen LogP contribution in [0.2, 0.25) is 0 Å². The van der Waals surface area contributed by atoms with Gasteiger partial charge in [0.25, 0.3) is 0 Å². The van der Waals surface area contributed by atoms with Crippen molar-refractivity contribution in [1.29, 1.82) is 0 Å². The average molecular weight is 527 g/mol. The lowest BCUT2D eigenvalue weighted by molar-refractivity contribution is -0.143. The van der Waals surface area contributed by atoms with Crippen molar-refractivity contribution in [1.82, 2.24) is 4.72 Å². The van der Waals surface area contributed by atoms with Crippen molar-refractivity contribution in [2.45, 2.75) is 42.6 Å². The van der Waals surface area contributed by atoms with E-state index in [2.05, 4.69) is 4.72 Å². The number of carboxylic acid groups (broad SMARTS) is 1. The van der Waals surface area contributed by atoms with Gasteiger partial charge in [0.2, 0.25) is 10.0 Å². The van der Waals surface area contributed by atoms with Gasteiger partial charge in [-0.2, -0.15) is 26.3 Å². The Labute approximate surface area is 195 Å². The van der Waals surface area contributed by atoms with Gasteiger partial charge in [0, 0.05) is 12.1 Å². The van der Waals surface area contributed by atoms with Crippen molar-refractivity contribution in [3.05, 3.63) is 52.6 Å². The maximum absolute atomic E-state index is 13.2. The summed E-state index contributed by atoms with van der Waals surface area (Å²) in [5.74, 6) is -0.961. The molecule has 2 aromatic rings. The summed E-state index contributed by atoms with van der Waals surface area (Å²) in [6.45, 7) is -0.694. The number of fused-ring (bicyclic) bond motifs is 1. The van der Waals surface area contributed by atoms with Gasteiger partial charge in [-0.3, -0.25) is 0 Å². The summed E-state index contributed by atoms with van der Waals surface area (Å²) in [5.41, 5.74) is -2.76. The molecule has 0 spiro atoms. The van der Waals surface area contributed by atoms with E-state index in [1.807, 2.05) is 0 Å². The van der Waals surface area contributed by atoms with Gasteiger partial charge in [0.05, 0.1) is 23.1 Å². The predicted octanol–water partition coefficient (Wildman–Crippen LogP) is 4.55. The van der Waals surface area contributed by atoms with Gasteiger partial charge in [-0.1, -0.05) is 0 Å². The number of sulfonamides is 1. The first-order chi connectivity index (χ1) is 16.1. The van der Waals surface area contributed by atoms with Crippen LogP contribution in [0, 0.1) is 0 Å². The van der Waals surface area contributed by atoms with Crippen LogP contribution < -0.4 is 14.2 Å². The molecule has 1 atom stereocenters. The lowest BCUT2D eigenvalue weighted by Crippen LogP contribution is -2.32. The van der Waals surface area contributed by atoms with Crippen LogP contribution in [0.4, 0.5) is 26.3 Å². The Morgan fingerprint density at radius 2 is 1.66 bits per heavy atom. The first-order valence-electron chi connectivity index (χ1n) is 9.99. The molecule has 0 bridgehead atoms. The van der Waals surface area contributed by atoms with Crippen LogP contribution in [0.3, 0.4) is 0 Å². The Bertz CT molecular complexity index is 1190. The van der Waals surface area contributed by atoms with E-state index in [9.17, 15) is 39.6 Å². The van der Waals surface area contributed by atoms with Gasteiger partial charge in [-0.25, -0.2) is 17.9 Å². The maximum Gasteiger partial charge on any atom is 0.416 e. The highest BCUT2D eigenvalue weighted by Crippen LogP contribution is 2.41. The molecule has 2 aromatic carbocycles. The van der Waals surface area contributed by atoms with Crippen LogP contribution in [0.5, 0.6) is 11.5 Å². The standard InChI is InChI=1S/C21H19F6NO6S/c1-33-13-8-16-15(18(9-13)34-10-19(29)30)3-2-4-17(16)28-35(31,32)14-6-11(20(22,23)24)5-12(7-14)21(25,26)27/h5-9,17,28H,2-4,10H2,1H3,(H,29,30). The van der Waals surface area contributed by atoms with E-state index in [1.165, 1.54) is 19.2 Å². The van der Waals surface area contributed by atoms with E-state index < -0.39 is 57.0 Å². The zero-order valence-electron chi connectivity index (χ0n) is 18.0. The third-order valence-electron chi connectivity index (χ3n) is 5.27. The molecule has 0 saturated heterocycles. The second-order valence-electron chi connectivity index (χ2n) is 7.68. The van der Waals surface area contributed by atoms with Crippen LogP contribution >= 0.6 is 0 Å². The fourth-order valence-corrected chi connectivity index (χ4v) is 5.02. The van der Waals surface area contributed by atoms with Crippen LogP contribution in [0.25, 0.3) is 0 Å². The second-order valence-corrected chi connectivity index (χ2v) is 9.40. The third-order valence-corrected chi connectivity index (χ3v) is 6.72. The summed E-state index contributed by atoms with van der Waals surface area (Å²) in [6, 6.07) is 1.91. The number of rotatable bonds is 7. The zero-order chi connectivity index (χ0) is 26.2. The van der Waals surface area contributed by atoms with Crippen LogP contribution in [0.1, 0.15) is 41.1 Å². The lowest BCUT2D eigenvalue weighted by atomic mass is 9.87. The smallest absolute Gasteiger partial charge is 0.416 e. The zero-order valence-corrected chi connectivity index (χ0v) is 18.8. The normalized spacial score (nSPS) is 16.5. The molecule has 7 nitrogen and oxygen atoms in total. The van der Waals surface area contributed by atoms with Gasteiger partial charge in [-0.05, 0) is 54.7 Å². The second kappa shape index (κ2) is 9.57. The highest BCUT2D eigenvalue weighted by Gasteiger charge is 2.39. The number of nitrogens with one attached hydrogen (secondary N) is 1. The molecule has 1 unspecified atom stereocenters. The summed E-state index contributed by atoms with van der Waals surface area (Å²) >= 11 is 0. The van der Waals surface area contributed by atoms with E-state index in [4.69, 9.17) is 14.6 Å². The van der Waals surface area contributed by atoms with E-state index in [-0.39, 0.29) is 36.1 Å². The number of carbonyl (C=O) groups is 1. The molecule has 0 fully saturated rings. The molecule has 0 aliphatic heterocycles. The van der Waals surface area contributed by atoms with Gasteiger partial charge >= 0.3 is 18.3 Å². The molecule has 14 heteroatoms. The van der Waals surface area contributed by atoms with Crippen molar-refractivity contribution in [2.24, 2.45) is 0 Å². The molecule has 1 aliphatic rings. The molecule has 2 N–H and O–H groups in total. The number of methoxy groups -OCH3 is 1. The predicted molar refractivity (Wildman–Crippen MR) is 109 cm³/mol. The molecule has 0 amide bonds. The lowest BCUT2D eigenvalue weighted by Gasteiger charge is -2.28. The molecule has 0 saturated carbocycles. The van der Waals surface area contributed by atoms with E-state index in [0.29, 0.717) is 24.0 Å². The SMILES string of the molecule is COc1cc(OCC(=O)O)c2c(c1)C(NS(=O)(=O)c1cc(C(F)(F)F)cc(C(F)(F)F)c1)CCC2. The Morgan fingerprint density at radius 3 is 2.17 bits per heavy atom. The minimum absolute atomic E-state index is 0.115. The molecule has 192 valence electrons. The first kappa shape index (κ1) is 26.6. The van der Waals surface area contributed by atoms with E-state index >= 15 is 0 Å². The van der Waals surface area contributed by atoms with Crippen LogP contribution in [-0.2, 0) is 33.6 Å². The number of alkyl halides is 6. The monoisotopic (exact) mass is 527 g/mol.